The number of rotatable bonds is 5. The molecule has 1 fully saturated rings. The van der Waals surface area contributed by atoms with Gasteiger partial charge in [0, 0.05) is 29.5 Å². The van der Waals surface area contributed by atoms with Crippen LogP contribution in [-0.4, -0.2) is 42.9 Å². The minimum atomic E-state index is -0.112. The number of fused-ring (bicyclic) bond motifs is 1. The molecule has 28 heavy (non-hydrogen) atoms. The Morgan fingerprint density at radius 2 is 1.93 bits per heavy atom. The van der Waals surface area contributed by atoms with Gasteiger partial charge in [0.25, 0.3) is 5.22 Å². The number of anilines is 2. The van der Waals surface area contributed by atoms with E-state index in [9.17, 15) is 4.79 Å². The normalized spacial score (nSPS) is 14.0. The predicted octanol–water partition coefficient (Wildman–Crippen LogP) is 1.05. The Balaban J connectivity index is 0.00000225. The van der Waals surface area contributed by atoms with E-state index in [-0.39, 0.29) is 24.1 Å². The molecule has 1 aliphatic rings. The van der Waals surface area contributed by atoms with Crippen molar-refractivity contribution in [1.29, 1.82) is 0 Å². The average Bonchev–Trinajstić information content (AvgIpc) is 3.10. The number of nitrogens with zero attached hydrogens (tertiary/aromatic N) is 2. The van der Waals surface area contributed by atoms with Gasteiger partial charge in [0.1, 0.15) is 5.52 Å². The second-order valence-electron chi connectivity index (χ2n) is 6.07. The molecule has 1 saturated heterocycles. The van der Waals surface area contributed by atoms with Crippen LogP contribution in [0.2, 0.25) is 5.02 Å². The highest BCUT2D eigenvalue weighted by molar-refractivity contribution is 7.99. The Morgan fingerprint density at radius 1 is 1.18 bits per heavy atom. The van der Waals surface area contributed by atoms with E-state index in [0.29, 0.717) is 21.3 Å². The highest BCUT2D eigenvalue weighted by atomic mass is 35.5. The number of benzene rings is 2. The van der Waals surface area contributed by atoms with Gasteiger partial charge in [-0.1, -0.05) is 23.4 Å². The molecule has 0 atom stereocenters. The van der Waals surface area contributed by atoms with Gasteiger partial charge >= 0.3 is 0 Å². The fraction of sp³-hybridized carbons (Fsp3) is 0.263. The molecule has 0 radical (unpaired) electrons. The van der Waals surface area contributed by atoms with Crippen LogP contribution >= 0.6 is 23.4 Å². The van der Waals surface area contributed by atoms with Crippen molar-refractivity contribution in [2.45, 2.75) is 5.22 Å². The molecule has 2 aromatic carbocycles. The summed E-state index contributed by atoms with van der Waals surface area (Å²) < 4.78 is 11.0. The monoisotopic (exact) mass is 438 g/mol. The minimum Gasteiger partial charge on any atom is -1.00 e. The zero-order valence-corrected chi connectivity index (χ0v) is 17.2. The Morgan fingerprint density at radius 3 is 2.68 bits per heavy atom. The molecule has 1 amide bonds. The maximum atomic E-state index is 12.2. The van der Waals surface area contributed by atoms with E-state index in [2.05, 4.69) is 15.2 Å². The molecule has 3 aromatic rings. The molecule has 0 bridgehead atoms. The molecule has 0 spiro atoms. The summed E-state index contributed by atoms with van der Waals surface area (Å²) >= 11 is 7.19. The largest absolute Gasteiger partial charge is 1.00 e. The van der Waals surface area contributed by atoms with Gasteiger partial charge in [-0.25, -0.2) is 4.98 Å². The van der Waals surface area contributed by atoms with E-state index in [0.717, 1.165) is 37.7 Å². The maximum absolute atomic E-state index is 12.2. The molecule has 1 aromatic heterocycles. The summed E-state index contributed by atoms with van der Waals surface area (Å²) in [5.41, 5.74) is 3.24. The van der Waals surface area contributed by atoms with Gasteiger partial charge in [0.2, 0.25) is 5.91 Å². The van der Waals surface area contributed by atoms with Crippen LogP contribution in [0.15, 0.2) is 52.1 Å². The van der Waals surface area contributed by atoms with Crippen LogP contribution in [0.3, 0.4) is 0 Å². The van der Waals surface area contributed by atoms with Crippen LogP contribution in [0.4, 0.5) is 11.4 Å². The lowest BCUT2D eigenvalue weighted by atomic mass is 10.2. The van der Waals surface area contributed by atoms with Crippen molar-refractivity contribution in [1.82, 2.24) is 4.98 Å². The summed E-state index contributed by atoms with van der Waals surface area (Å²) in [4.78, 5) is 18.8. The van der Waals surface area contributed by atoms with Crippen molar-refractivity contribution in [3.8, 4) is 0 Å². The number of thioether (sulfide) groups is 1. The third-order valence-electron chi connectivity index (χ3n) is 4.18. The Bertz CT molecular complexity index is 943. The van der Waals surface area contributed by atoms with Crippen molar-refractivity contribution >= 4 is 51.7 Å². The SMILES string of the molecule is O=C(CSc1nc2cc(Cl)ccc2o1)Nc1ccc(N2CCOCC2)cc1.[Cl-]. The number of morpholine rings is 1. The first-order valence-corrected chi connectivity index (χ1v) is 9.95. The summed E-state index contributed by atoms with van der Waals surface area (Å²) in [6.07, 6.45) is 0. The number of amides is 1. The molecule has 1 aliphatic heterocycles. The Hall–Kier alpha value is -1.93. The van der Waals surface area contributed by atoms with E-state index in [1.54, 1.807) is 18.2 Å². The zero-order chi connectivity index (χ0) is 18.6. The molecule has 6 nitrogen and oxygen atoms in total. The third-order valence-corrected chi connectivity index (χ3v) is 5.25. The summed E-state index contributed by atoms with van der Waals surface area (Å²) in [6.45, 7) is 3.27. The van der Waals surface area contributed by atoms with Gasteiger partial charge in [-0.3, -0.25) is 4.79 Å². The molecule has 148 valence electrons. The van der Waals surface area contributed by atoms with Crippen LogP contribution in [-0.2, 0) is 9.53 Å². The van der Waals surface area contributed by atoms with Gasteiger partial charge in [0.05, 0.1) is 19.0 Å². The van der Waals surface area contributed by atoms with E-state index in [4.69, 9.17) is 20.8 Å². The fourth-order valence-corrected chi connectivity index (χ4v) is 3.65. The highest BCUT2D eigenvalue weighted by Gasteiger charge is 2.12. The molecular weight excluding hydrogens is 421 g/mol. The first kappa shape index (κ1) is 20.8. The van der Waals surface area contributed by atoms with Crippen molar-refractivity contribution in [3.05, 3.63) is 47.5 Å². The van der Waals surface area contributed by atoms with Gasteiger partial charge in [-0.15, -0.1) is 0 Å². The lowest BCUT2D eigenvalue weighted by Gasteiger charge is -2.28. The number of carbonyl (C=O) groups excluding carboxylic acids is 1. The average molecular weight is 439 g/mol. The first-order valence-electron chi connectivity index (χ1n) is 8.59. The van der Waals surface area contributed by atoms with E-state index >= 15 is 0 Å². The second kappa shape index (κ2) is 9.52. The fourth-order valence-electron chi connectivity index (χ4n) is 2.84. The number of hydrogen-bond acceptors (Lipinski definition) is 6. The van der Waals surface area contributed by atoms with Crippen LogP contribution in [0, 0.1) is 0 Å². The molecule has 0 aliphatic carbocycles. The van der Waals surface area contributed by atoms with Crippen molar-refractivity contribution in [2.24, 2.45) is 0 Å². The van der Waals surface area contributed by atoms with Gasteiger partial charge in [-0.05, 0) is 42.5 Å². The van der Waals surface area contributed by atoms with Crippen LogP contribution in [0.1, 0.15) is 0 Å². The second-order valence-corrected chi connectivity index (χ2v) is 7.44. The third kappa shape index (κ3) is 5.11. The quantitative estimate of drug-likeness (QED) is 0.600. The van der Waals surface area contributed by atoms with Gasteiger partial charge in [-0.2, -0.15) is 0 Å². The van der Waals surface area contributed by atoms with Crippen LogP contribution in [0.25, 0.3) is 11.1 Å². The molecule has 2 heterocycles. The number of oxazole rings is 1. The highest BCUT2D eigenvalue weighted by Crippen LogP contribution is 2.26. The van der Waals surface area contributed by atoms with E-state index in [1.165, 1.54) is 11.8 Å². The lowest BCUT2D eigenvalue weighted by molar-refractivity contribution is -0.113. The molecule has 0 saturated carbocycles. The first-order chi connectivity index (χ1) is 13.2. The summed E-state index contributed by atoms with van der Waals surface area (Å²) in [6, 6.07) is 13.1. The Kier molecular flexibility index (Phi) is 7.07. The summed E-state index contributed by atoms with van der Waals surface area (Å²) in [7, 11) is 0. The predicted molar refractivity (Wildman–Crippen MR) is 108 cm³/mol. The Labute approximate surface area is 178 Å². The van der Waals surface area contributed by atoms with Crippen LogP contribution < -0.4 is 22.6 Å². The number of carbonyl (C=O) groups is 1. The number of ether oxygens (including phenoxy) is 1. The van der Waals surface area contributed by atoms with Gasteiger partial charge < -0.3 is 31.8 Å². The maximum Gasteiger partial charge on any atom is 0.257 e. The summed E-state index contributed by atoms with van der Waals surface area (Å²) in [5.74, 6) is 0.102. The van der Waals surface area contributed by atoms with E-state index in [1.807, 2.05) is 24.3 Å². The van der Waals surface area contributed by atoms with Crippen molar-refractivity contribution < 1.29 is 26.4 Å². The zero-order valence-electron chi connectivity index (χ0n) is 14.9. The molecule has 9 heteroatoms. The van der Waals surface area contributed by atoms with Gasteiger partial charge in [0.15, 0.2) is 5.58 Å². The lowest BCUT2D eigenvalue weighted by Crippen LogP contribution is -3.00. The molecular formula is C19H18Cl2N3O3S-. The topological polar surface area (TPSA) is 67.6 Å². The van der Waals surface area contributed by atoms with Crippen LogP contribution in [0.5, 0.6) is 0 Å². The standard InChI is InChI=1S/C19H18ClN3O3S.ClH/c20-13-1-6-17-16(11-13)22-19(26-17)27-12-18(24)21-14-2-4-15(5-3-14)23-7-9-25-10-8-23;/h1-6,11H,7-10,12H2,(H,21,24);1H/p-1. The number of nitrogens with one attached hydrogen (secondary N) is 1. The minimum absolute atomic E-state index is 0. The number of halogens is 2. The van der Waals surface area contributed by atoms with Crippen molar-refractivity contribution in [3.63, 3.8) is 0 Å². The number of aromatic nitrogens is 1. The molecule has 4 rings (SSSR count). The number of hydrogen-bond donors (Lipinski definition) is 1. The smallest absolute Gasteiger partial charge is 0.257 e. The molecule has 0 unspecified atom stereocenters. The van der Waals surface area contributed by atoms with E-state index < -0.39 is 0 Å². The molecule has 1 N–H and O–H groups in total. The van der Waals surface area contributed by atoms with Crippen molar-refractivity contribution in [2.75, 3.05) is 42.3 Å². The summed E-state index contributed by atoms with van der Waals surface area (Å²) in [5, 5.41) is 3.94.